The van der Waals surface area contributed by atoms with Crippen LogP contribution in [0.3, 0.4) is 0 Å². The second kappa shape index (κ2) is 23.7. The molecule has 3 saturated heterocycles. The number of Topliss-reactive ketones (excluding diaryl/α,β-unsaturated/α-hetero) is 2. The Morgan fingerprint density at radius 2 is 1.19 bits per heavy atom. The smallest absolute Gasteiger partial charge is 0.391 e. The predicted molar refractivity (Wildman–Crippen MR) is 273 cm³/mol. The monoisotopic (exact) mass is 1120 g/mol. The average Bonchev–Trinajstić information content (AvgIpc) is 3.89. The Hall–Kier alpha value is -7.04. The number of hydrogen-bond donors (Lipinski definition) is 4. The van der Waals surface area contributed by atoms with E-state index in [2.05, 4.69) is 45.4 Å². The summed E-state index contributed by atoms with van der Waals surface area (Å²) in [4.78, 5) is 85.0. The summed E-state index contributed by atoms with van der Waals surface area (Å²) in [5.41, 5.74) is 1.99. The van der Waals surface area contributed by atoms with Gasteiger partial charge in [-0.2, -0.15) is 26.3 Å². The molecule has 4 aromatic rings. The van der Waals surface area contributed by atoms with E-state index in [1.165, 1.54) is 34.3 Å². The molecule has 4 bridgehead atoms. The highest BCUT2D eigenvalue weighted by molar-refractivity contribution is 6.06. The highest BCUT2D eigenvalue weighted by Gasteiger charge is 2.44. The number of pyridine rings is 2. The number of alkyl halides is 6. The number of ether oxygens (including phenoxy) is 4. The number of nitrogens with zero attached hydrogens (tertiary/aromatic N) is 10. The number of halogens is 6. The van der Waals surface area contributed by atoms with E-state index >= 15 is 0 Å². The molecule has 9 rings (SSSR count). The number of piperidine rings is 2. The first-order chi connectivity index (χ1) is 37.3. The molecule has 0 radical (unpaired) electrons. The average molecular weight is 1120 g/mol. The first kappa shape index (κ1) is 58.1. The van der Waals surface area contributed by atoms with E-state index in [0.717, 1.165) is 33.2 Å². The van der Waals surface area contributed by atoms with Gasteiger partial charge in [0.25, 0.3) is 0 Å². The van der Waals surface area contributed by atoms with Crippen LogP contribution in [0.1, 0.15) is 98.8 Å². The van der Waals surface area contributed by atoms with Crippen molar-refractivity contribution >= 4 is 58.3 Å². The van der Waals surface area contributed by atoms with Crippen LogP contribution in [0.5, 0.6) is 11.5 Å². The molecule has 0 spiro atoms. The summed E-state index contributed by atoms with van der Waals surface area (Å²) >= 11 is 0. The number of aryl methyl sites for hydroxylation is 2. The Morgan fingerprint density at radius 3 is 1.58 bits per heavy atom. The maximum atomic E-state index is 13.6. The molecule has 22 nitrogen and oxygen atoms in total. The van der Waals surface area contributed by atoms with Crippen LogP contribution in [0, 0.1) is 25.7 Å². The van der Waals surface area contributed by atoms with Crippen LogP contribution >= 0.6 is 0 Å². The van der Waals surface area contributed by atoms with Crippen LogP contribution in [0.2, 0.25) is 0 Å². The third-order valence-electron chi connectivity index (χ3n) is 13.8. The maximum absolute atomic E-state index is 13.6. The number of anilines is 6. The van der Waals surface area contributed by atoms with Gasteiger partial charge in [0.1, 0.15) is 59.9 Å². The second-order valence-electron chi connectivity index (χ2n) is 20.5. The van der Waals surface area contributed by atoms with Gasteiger partial charge in [0, 0.05) is 39.0 Å². The minimum Gasteiger partial charge on any atom is -0.489 e. The molecule has 4 N–H and O–H groups in total. The van der Waals surface area contributed by atoms with E-state index in [1.807, 2.05) is 18.7 Å². The molecule has 5 aliphatic rings. The number of nitrogens with one attached hydrogen (secondary N) is 2. The molecule has 0 saturated carbocycles. The van der Waals surface area contributed by atoms with Gasteiger partial charge >= 0.3 is 24.4 Å². The molecule has 428 valence electrons. The number of urea groups is 2. The highest BCUT2D eigenvalue weighted by atomic mass is 19.4. The Bertz CT molecular complexity index is 2870. The van der Waals surface area contributed by atoms with Gasteiger partial charge in [-0.1, -0.05) is 13.8 Å². The number of carbonyl (C=O) groups excluding carboxylic acids is 4. The lowest BCUT2D eigenvalue weighted by Crippen LogP contribution is -2.56. The Morgan fingerprint density at radius 1 is 0.734 bits per heavy atom. The zero-order chi connectivity index (χ0) is 57.1. The van der Waals surface area contributed by atoms with Gasteiger partial charge in [0.15, 0.2) is 29.1 Å². The highest BCUT2D eigenvalue weighted by Crippen LogP contribution is 2.42. The molecule has 0 aliphatic carbocycles. The number of hydrogen-bond acceptors (Lipinski definition) is 18. The van der Waals surface area contributed by atoms with E-state index < -0.39 is 79.2 Å². The van der Waals surface area contributed by atoms with E-state index in [0.29, 0.717) is 73.3 Å². The van der Waals surface area contributed by atoms with Crippen molar-refractivity contribution in [3.8, 4) is 11.5 Å². The largest absolute Gasteiger partial charge is 0.489 e. The summed E-state index contributed by atoms with van der Waals surface area (Å²) < 4.78 is 101. The summed E-state index contributed by atoms with van der Waals surface area (Å²) in [7, 11) is 0. The molecule has 5 aliphatic heterocycles. The Balaban J connectivity index is 0.000000209. The summed E-state index contributed by atoms with van der Waals surface area (Å²) in [5.74, 6) is -5.08. The Kier molecular flexibility index (Phi) is 17.5. The van der Waals surface area contributed by atoms with Gasteiger partial charge < -0.3 is 39.0 Å². The van der Waals surface area contributed by atoms with Crippen LogP contribution in [0.4, 0.5) is 70.6 Å². The molecule has 4 amide bonds. The SMILES string of the molecule is Cc1nc(C(=O)C[C@H](C)C(F)(F)F)nc2c1N1CCC[C@@H](C1)N2C(=O)Nc1ccc(OC[C@@H](O)CO)cn1.Cc1nc(C(=O)C[C@H](C)C(F)(F)F)nc2c1N1CCC[C@@H](C1)N2C(=O)Nc1ccc(OC[C@@H]2COC(C)(C)O2)cn1. The molecule has 9 heterocycles. The standard InChI is InChI=1S/C27H33F3N6O5.C24H29F3N6O5/c1-15(27(28,29)30)10-20(37)23-32-16(2)22-24(34-23)36(17-6-5-9-35(22)12-17)25(38)33-21-8-7-18(11-31-21)39-13-19-14-40-26(3,4)41-19;1-13(24(25,26)27)8-18(36)21-29-14(2)20-22(31-21)33(15-4-3-7-32(20)10-15)23(37)30-19-6-5-17(9-28-19)38-12-16(35)11-34/h7-8,11,15,17,19H,5-6,9-10,12-14H2,1-4H3,(H,31,33,38);5-6,9,13,15-16,34-35H,3-4,7-8,10-12H2,1-2H3,(H,28,30,37)/t15-,17-,19+;13-,15-,16-/m00/s1. The molecule has 79 heavy (non-hydrogen) atoms. The van der Waals surface area contributed by atoms with E-state index in [1.54, 1.807) is 26.0 Å². The van der Waals surface area contributed by atoms with Crippen molar-refractivity contribution in [2.75, 3.05) is 82.8 Å². The lowest BCUT2D eigenvalue weighted by atomic mass is 9.99. The number of carbonyl (C=O) groups is 4. The summed E-state index contributed by atoms with van der Waals surface area (Å²) in [5, 5.41) is 23.7. The molecule has 28 heteroatoms. The number of amides is 4. The number of aromatic nitrogens is 6. The van der Waals surface area contributed by atoms with Crippen molar-refractivity contribution in [1.82, 2.24) is 29.9 Å². The summed E-state index contributed by atoms with van der Waals surface area (Å²) in [6, 6.07) is 4.70. The van der Waals surface area contributed by atoms with E-state index in [4.69, 9.17) is 24.1 Å². The van der Waals surface area contributed by atoms with Gasteiger partial charge in [-0.3, -0.25) is 30.0 Å². The van der Waals surface area contributed by atoms with Crippen molar-refractivity contribution in [2.45, 2.75) is 122 Å². The van der Waals surface area contributed by atoms with Gasteiger partial charge in [0.05, 0.1) is 60.9 Å². The summed E-state index contributed by atoms with van der Waals surface area (Å²) in [6.07, 6.45) is -6.04. The zero-order valence-electron chi connectivity index (χ0n) is 44.2. The van der Waals surface area contributed by atoms with Crippen LogP contribution < -0.4 is 39.7 Å². The number of ketones is 2. The fourth-order valence-electron chi connectivity index (χ4n) is 9.71. The lowest BCUT2D eigenvalue weighted by molar-refractivity contribution is -0.169. The van der Waals surface area contributed by atoms with Crippen molar-refractivity contribution < 1.29 is 74.7 Å². The third-order valence-corrected chi connectivity index (χ3v) is 13.8. The fraction of sp³-hybridized carbons (Fsp3) is 0.569. The van der Waals surface area contributed by atoms with Crippen molar-refractivity contribution in [3.63, 3.8) is 0 Å². The molecule has 4 aromatic heterocycles. The van der Waals surface area contributed by atoms with Gasteiger partial charge in [0.2, 0.25) is 11.6 Å². The predicted octanol–water partition coefficient (Wildman–Crippen LogP) is 7.21. The fourth-order valence-corrected chi connectivity index (χ4v) is 9.71. The lowest BCUT2D eigenvalue weighted by Gasteiger charge is -2.46. The molecule has 0 aromatic carbocycles. The van der Waals surface area contributed by atoms with Crippen molar-refractivity contribution in [2.24, 2.45) is 11.8 Å². The minimum atomic E-state index is -4.53. The second-order valence-corrected chi connectivity index (χ2v) is 20.5. The van der Waals surface area contributed by atoms with Crippen LogP contribution in [0.15, 0.2) is 36.7 Å². The van der Waals surface area contributed by atoms with E-state index in [-0.39, 0.29) is 66.3 Å². The Labute approximate surface area is 450 Å². The van der Waals surface area contributed by atoms with E-state index in [9.17, 15) is 50.6 Å². The first-order valence-corrected chi connectivity index (χ1v) is 25.7. The topological polar surface area (TPSA) is 260 Å². The van der Waals surface area contributed by atoms with Crippen LogP contribution in [-0.4, -0.2) is 159 Å². The number of rotatable bonds is 15. The molecule has 3 fully saturated rings. The number of fused-ring (bicyclic) bond motifs is 8. The normalized spacial score (nSPS) is 20.4. The number of aliphatic hydroxyl groups excluding tert-OH is 2. The van der Waals surface area contributed by atoms with Gasteiger partial charge in [-0.15, -0.1) is 0 Å². The van der Waals surface area contributed by atoms with Gasteiger partial charge in [-0.25, -0.2) is 39.5 Å². The molecular formula is C51H62F6N12O10. The summed E-state index contributed by atoms with van der Waals surface area (Å²) in [6.45, 7) is 11.5. The number of aliphatic hydroxyl groups is 2. The first-order valence-electron chi connectivity index (χ1n) is 25.7. The quantitative estimate of drug-likeness (QED) is 0.0677. The third kappa shape index (κ3) is 13.9. The molecule has 0 unspecified atom stereocenters. The van der Waals surface area contributed by atoms with Crippen molar-refractivity contribution in [3.05, 3.63) is 59.7 Å². The molecular weight excluding hydrogens is 1050 g/mol. The minimum absolute atomic E-state index is 0.130. The van der Waals surface area contributed by atoms with Crippen LogP contribution in [-0.2, 0) is 9.47 Å². The van der Waals surface area contributed by atoms with Crippen molar-refractivity contribution in [1.29, 1.82) is 0 Å². The zero-order valence-corrected chi connectivity index (χ0v) is 44.2. The van der Waals surface area contributed by atoms with Crippen LogP contribution in [0.25, 0.3) is 0 Å². The molecule has 6 atom stereocenters. The maximum Gasteiger partial charge on any atom is 0.391 e. The van der Waals surface area contributed by atoms with Gasteiger partial charge in [-0.05, 0) is 77.6 Å².